The largest absolute Gasteiger partial charge is 0.548 e. The molecule has 0 amide bonds. The summed E-state index contributed by atoms with van der Waals surface area (Å²) in [7, 11) is 0. The maximum Gasteiger partial charge on any atom is 0.138 e. The van der Waals surface area contributed by atoms with Crippen LogP contribution in [0.15, 0.2) is 6.33 Å². The number of aryl methyl sites for hydroxylation is 2. The first-order valence-corrected chi connectivity index (χ1v) is 8.42. The van der Waals surface area contributed by atoms with Crippen LogP contribution in [0.25, 0.3) is 10.2 Å². The SMILES string of the molecule is CSCC[C@@H](Nc1ncnc2sc(C)c(C)c12)C(=O)[O-]. The van der Waals surface area contributed by atoms with E-state index in [1.165, 1.54) is 6.33 Å². The number of carbonyl (C=O) groups is 1. The van der Waals surface area contributed by atoms with E-state index >= 15 is 0 Å². The van der Waals surface area contributed by atoms with Crippen molar-refractivity contribution in [3.63, 3.8) is 0 Å². The van der Waals surface area contributed by atoms with Crippen molar-refractivity contribution in [2.24, 2.45) is 0 Å². The van der Waals surface area contributed by atoms with Crippen LogP contribution in [0.4, 0.5) is 5.82 Å². The number of aliphatic carboxylic acids is 1. The number of fused-ring (bicyclic) bond motifs is 1. The zero-order valence-corrected chi connectivity index (χ0v) is 13.2. The molecule has 0 saturated heterocycles. The van der Waals surface area contributed by atoms with Crippen LogP contribution in [0.2, 0.25) is 0 Å². The van der Waals surface area contributed by atoms with Gasteiger partial charge in [0.05, 0.1) is 17.4 Å². The van der Waals surface area contributed by atoms with Gasteiger partial charge in [-0.2, -0.15) is 11.8 Å². The minimum absolute atomic E-state index is 0.497. The first kappa shape index (κ1) is 15.1. The van der Waals surface area contributed by atoms with Crippen LogP contribution < -0.4 is 10.4 Å². The summed E-state index contributed by atoms with van der Waals surface area (Å²) in [6.45, 7) is 4.02. The molecule has 0 aliphatic heterocycles. The van der Waals surface area contributed by atoms with Crippen molar-refractivity contribution in [3.8, 4) is 0 Å². The van der Waals surface area contributed by atoms with E-state index in [2.05, 4.69) is 15.3 Å². The van der Waals surface area contributed by atoms with Crippen LogP contribution in [0, 0.1) is 13.8 Å². The lowest BCUT2D eigenvalue weighted by atomic mass is 10.2. The second-order valence-corrected chi connectivity index (χ2v) is 6.67. The highest BCUT2D eigenvalue weighted by molar-refractivity contribution is 7.98. The summed E-state index contributed by atoms with van der Waals surface area (Å²) in [5, 5.41) is 15.1. The molecule has 0 bridgehead atoms. The van der Waals surface area contributed by atoms with Crippen LogP contribution in [-0.2, 0) is 4.79 Å². The number of thioether (sulfide) groups is 1. The topological polar surface area (TPSA) is 77.9 Å². The smallest absolute Gasteiger partial charge is 0.138 e. The molecule has 5 nitrogen and oxygen atoms in total. The molecule has 0 radical (unpaired) electrons. The summed E-state index contributed by atoms with van der Waals surface area (Å²) in [5.74, 6) is 0.226. The van der Waals surface area contributed by atoms with E-state index in [0.29, 0.717) is 12.2 Å². The molecule has 1 atom stereocenters. The molecule has 0 aliphatic carbocycles. The number of carbonyl (C=O) groups excluding carboxylic acids is 1. The third-order valence-electron chi connectivity index (χ3n) is 3.17. The van der Waals surface area contributed by atoms with Crippen LogP contribution >= 0.6 is 23.1 Å². The predicted molar refractivity (Wildman–Crippen MR) is 82.3 cm³/mol. The molecule has 7 heteroatoms. The van der Waals surface area contributed by atoms with Gasteiger partial charge in [0.1, 0.15) is 17.0 Å². The van der Waals surface area contributed by atoms with E-state index in [9.17, 15) is 9.90 Å². The van der Waals surface area contributed by atoms with Gasteiger partial charge in [0, 0.05) is 4.88 Å². The number of hydrogen-bond donors (Lipinski definition) is 1. The summed E-state index contributed by atoms with van der Waals surface area (Å²) in [4.78, 5) is 21.7. The number of thiophene rings is 1. The molecule has 2 aromatic rings. The minimum Gasteiger partial charge on any atom is -0.548 e. The molecule has 0 saturated carbocycles. The zero-order valence-electron chi connectivity index (χ0n) is 11.6. The first-order valence-electron chi connectivity index (χ1n) is 6.21. The molecule has 2 rings (SSSR count). The number of carboxylic acid groups (broad SMARTS) is 1. The Labute approximate surface area is 125 Å². The molecule has 0 spiro atoms. The third kappa shape index (κ3) is 3.04. The maximum atomic E-state index is 11.2. The van der Waals surface area contributed by atoms with Gasteiger partial charge in [-0.25, -0.2) is 9.97 Å². The summed E-state index contributed by atoms with van der Waals surface area (Å²) in [6.07, 6.45) is 3.90. The Morgan fingerprint density at radius 2 is 2.25 bits per heavy atom. The molecule has 1 N–H and O–H groups in total. The number of anilines is 1. The molecular formula is C13H16N3O2S2-. The molecule has 108 valence electrons. The fourth-order valence-electron chi connectivity index (χ4n) is 1.94. The molecular weight excluding hydrogens is 294 g/mol. The van der Waals surface area contributed by atoms with Gasteiger partial charge in [-0.3, -0.25) is 0 Å². The fourth-order valence-corrected chi connectivity index (χ4v) is 3.41. The van der Waals surface area contributed by atoms with Gasteiger partial charge < -0.3 is 15.2 Å². The van der Waals surface area contributed by atoms with E-state index < -0.39 is 12.0 Å². The van der Waals surface area contributed by atoms with Gasteiger partial charge in [0.25, 0.3) is 0 Å². The van der Waals surface area contributed by atoms with E-state index in [0.717, 1.165) is 26.4 Å². The van der Waals surface area contributed by atoms with E-state index in [-0.39, 0.29) is 0 Å². The van der Waals surface area contributed by atoms with Crippen LogP contribution in [0.3, 0.4) is 0 Å². The van der Waals surface area contributed by atoms with Crippen LogP contribution in [0.1, 0.15) is 16.9 Å². The molecule has 2 aromatic heterocycles. The maximum absolute atomic E-state index is 11.2. The Kier molecular flexibility index (Phi) is 4.82. The summed E-state index contributed by atoms with van der Waals surface area (Å²) in [6, 6.07) is -0.736. The Hall–Kier alpha value is -1.34. The Balaban J connectivity index is 2.34. The Morgan fingerprint density at radius 1 is 1.50 bits per heavy atom. The lowest BCUT2D eigenvalue weighted by molar-refractivity contribution is -0.306. The van der Waals surface area contributed by atoms with Gasteiger partial charge >= 0.3 is 0 Å². The molecule has 0 fully saturated rings. The summed E-state index contributed by atoms with van der Waals surface area (Å²) < 4.78 is 0. The summed E-state index contributed by atoms with van der Waals surface area (Å²) in [5.41, 5.74) is 1.09. The third-order valence-corrected chi connectivity index (χ3v) is 4.93. The van der Waals surface area contributed by atoms with Gasteiger partial charge in [0.15, 0.2) is 0 Å². The highest BCUT2D eigenvalue weighted by atomic mass is 32.2. The van der Waals surface area contributed by atoms with Crippen molar-refractivity contribution in [2.75, 3.05) is 17.3 Å². The minimum atomic E-state index is -1.10. The first-order chi connectivity index (χ1) is 9.54. The average molecular weight is 310 g/mol. The second kappa shape index (κ2) is 6.41. The summed E-state index contributed by atoms with van der Waals surface area (Å²) >= 11 is 3.19. The van der Waals surface area contributed by atoms with Gasteiger partial charge in [0.2, 0.25) is 0 Å². The molecule has 0 aliphatic rings. The quantitative estimate of drug-likeness (QED) is 0.873. The van der Waals surface area contributed by atoms with E-state index in [1.807, 2.05) is 20.1 Å². The van der Waals surface area contributed by atoms with Crippen molar-refractivity contribution in [1.82, 2.24) is 9.97 Å². The van der Waals surface area contributed by atoms with Crippen molar-refractivity contribution >= 4 is 45.1 Å². The average Bonchev–Trinajstić information content (AvgIpc) is 2.70. The second-order valence-electron chi connectivity index (χ2n) is 4.48. The number of rotatable bonds is 6. The van der Waals surface area contributed by atoms with Gasteiger partial charge in [-0.05, 0) is 37.8 Å². The normalized spacial score (nSPS) is 12.6. The van der Waals surface area contributed by atoms with Crippen molar-refractivity contribution < 1.29 is 9.90 Å². The van der Waals surface area contributed by atoms with Crippen molar-refractivity contribution in [2.45, 2.75) is 26.3 Å². The zero-order chi connectivity index (χ0) is 14.7. The molecule has 0 aromatic carbocycles. The number of hydrogen-bond acceptors (Lipinski definition) is 7. The Bertz CT molecular complexity index is 627. The van der Waals surface area contributed by atoms with Gasteiger partial charge in [-0.1, -0.05) is 0 Å². The number of carboxylic acids is 1. The molecule has 20 heavy (non-hydrogen) atoms. The van der Waals surface area contributed by atoms with E-state index in [1.54, 1.807) is 23.1 Å². The van der Waals surface area contributed by atoms with Crippen molar-refractivity contribution in [3.05, 3.63) is 16.8 Å². The standard InChI is InChI=1S/C13H17N3O2S2/c1-7-8(2)20-12-10(7)11(14-6-15-12)16-9(13(17)18)4-5-19-3/h6,9H,4-5H2,1-3H3,(H,17,18)(H,14,15,16)/p-1/t9-/m1/s1. The monoisotopic (exact) mass is 310 g/mol. The lowest BCUT2D eigenvalue weighted by Gasteiger charge is -2.20. The predicted octanol–water partition coefficient (Wildman–Crippen LogP) is 1.59. The fraction of sp³-hybridized carbons (Fsp3) is 0.462. The van der Waals surface area contributed by atoms with Crippen LogP contribution in [-0.4, -0.2) is 34.0 Å². The lowest BCUT2D eigenvalue weighted by Crippen LogP contribution is -2.41. The van der Waals surface area contributed by atoms with Gasteiger partial charge in [-0.15, -0.1) is 11.3 Å². The van der Waals surface area contributed by atoms with E-state index in [4.69, 9.17) is 0 Å². The highest BCUT2D eigenvalue weighted by Gasteiger charge is 2.16. The number of nitrogens with zero attached hydrogens (tertiary/aromatic N) is 2. The van der Waals surface area contributed by atoms with Crippen LogP contribution in [0.5, 0.6) is 0 Å². The number of nitrogens with one attached hydrogen (secondary N) is 1. The van der Waals surface area contributed by atoms with Crippen molar-refractivity contribution in [1.29, 1.82) is 0 Å². The molecule has 2 heterocycles. The Morgan fingerprint density at radius 3 is 2.90 bits per heavy atom. The molecule has 0 unspecified atom stereocenters. The number of aromatic nitrogens is 2. The highest BCUT2D eigenvalue weighted by Crippen LogP contribution is 2.32.